The summed E-state index contributed by atoms with van der Waals surface area (Å²) >= 11 is 0. The molecule has 1 aliphatic rings. The number of halogens is 1. The summed E-state index contributed by atoms with van der Waals surface area (Å²) in [5.74, 6) is -0.615. The highest BCUT2D eigenvalue weighted by molar-refractivity contribution is 5.96. The van der Waals surface area contributed by atoms with Crippen molar-refractivity contribution < 1.29 is 14.0 Å². The van der Waals surface area contributed by atoms with Gasteiger partial charge in [0.15, 0.2) is 0 Å². The monoisotopic (exact) mass is 326 g/mol. The van der Waals surface area contributed by atoms with Crippen LogP contribution < -0.4 is 10.6 Å². The molecule has 4 nitrogen and oxygen atoms in total. The molecule has 0 bridgehead atoms. The maximum absolute atomic E-state index is 12.8. The molecule has 0 saturated heterocycles. The van der Waals surface area contributed by atoms with E-state index in [9.17, 15) is 14.0 Å². The van der Waals surface area contributed by atoms with Crippen molar-refractivity contribution in [2.45, 2.75) is 25.8 Å². The van der Waals surface area contributed by atoms with Crippen LogP contribution >= 0.6 is 0 Å². The van der Waals surface area contributed by atoms with Gasteiger partial charge in [0.05, 0.1) is 0 Å². The van der Waals surface area contributed by atoms with E-state index >= 15 is 0 Å². The molecular formula is C19H19FN2O2. The lowest BCUT2D eigenvalue weighted by molar-refractivity contribution is -0.122. The number of anilines is 1. The molecule has 2 N–H and O–H groups in total. The standard InChI is InChI=1S/C19H19FN2O2/c20-16-8-5-13(6-9-16)12-21-18(23)10-7-15-11-14-3-1-2-4-17(14)22-19(15)24/h1-6,8-9,15H,7,10-12H2,(H,21,23)(H,22,24)/t15-/m1/s1. The van der Waals surface area contributed by atoms with Crippen LogP contribution in [-0.4, -0.2) is 11.8 Å². The lowest BCUT2D eigenvalue weighted by Gasteiger charge is -2.24. The third kappa shape index (κ3) is 3.98. The highest BCUT2D eigenvalue weighted by atomic mass is 19.1. The van der Waals surface area contributed by atoms with E-state index in [0.717, 1.165) is 16.8 Å². The summed E-state index contributed by atoms with van der Waals surface area (Å²) in [6, 6.07) is 13.7. The SMILES string of the molecule is O=C(CC[C@@H]1Cc2ccccc2NC1=O)NCc1ccc(F)cc1. The highest BCUT2D eigenvalue weighted by Gasteiger charge is 2.26. The first kappa shape index (κ1) is 16.2. The third-order valence-corrected chi connectivity index (χ3v) is 4.24. The fraction of sp³-hybridized carbons (Fsp3) is 0.263. The Kier molecular flexibility index (Phi) is 4.89. The smallest absolute Gasteiger partial charge is 0.227 e. The predicted octanol–water partition coefficient (Wildman–Crippen LogP) is 3.03. The van der Waals surface area contributed by atoms with Crippen LogP contribution in [0.1, 0.15) is 24.0 Å². The van der Waals surface area contributed by atoms with Gasteiger partial charge in [-0.15, -0.1) is 0 Å². The van der Waals surface area contributed by atoms with Gasteiger partial charge in [0.1, 0.15) is 5.82 Å². The Balaban J connectivity index is 1.48. The van der Waals surface area contributed by atoms with E-state index in [1.807, 2.05) is 24.3 Å². The molecule has 5 heteroatoms. The van der Waals surface area contributed by atoms with Gasteiger partial charge in [-0.25, -0.2) is 4.39 Å². The maximum atomic E-state index is 12.8. The van der Waals surface area contributed by atoms with Crippen LogP contribution in [0, 0.1) is 11.7 Å². The summed E-state index contributed by atoms with van der Waals surface area (Å²) < 4.78 is 12.8. The van der Waals surface area contributed by atoms with Gasteiger partial charge in [0, 0.05) is 24.6 Å². The van der Waals surface area contributed by atoms with Crippen molar-refractivity contribution in [1.29, 1.82) is 0 Å². The molecule has 1 aliphatic heterocycles. The van der Waals surface area contributed by atoms with Crippen molar-refractivity contribution in [3.8, 4) is 0 Å². The molecule has 0 radical (unpaired) electrons. The Hall–Kier alpha value is -2.69. The Morgan fingerprint density at radius 3 is 2.71 bits per heavy atom. The van der Waals surface area contributed by atoms with Crippen molar-refractivity contribution in [3.05, 3.63) is 65.5 Å². The summed E-state index contributed by atoms with van der Waals surface area (Å²) in [5, 5.41) is 5.69. The van der Waals surface area contributed by atoms with Crippen molar-refractivity contribution in [1.82, 2.24) is 5.32 Å². The Labute approximate surface area is 140 Å². The second kappa shape index (κ2) is 7.25. The summed E-state index contributed by atoms with van der Waals surface area (Å²) in [4.78, 5) is 24.1. The summed E-state index contributed by atoms with van der Waals surface area (Å²) in [7, 11) is 0. The molecule has 1 heterocycles. The molecule has 2 amide bonds. The zero-order chi connectivity index (χ0) is 16.9. The molecule has 124 valence electrons. The van der Waals surface area contributed by atoms with E-state index in [1.165, 1.54) is 12.1 Å². The molecule has 2 aromatic rings. The molecule has 2 aromatic carbocycles. The lowest BCUT2D eigenvalue weighted by atomic mass is 9.89. The minimum Gasteiger partial charge on any atom is -0.352 e. The van der Waals surface area contributed by atoms with Crippen LogP contribution in [0.25, 0.3) is 0 Å². The predicted molar refractivity (Wildman–Crippen MR) is 89.7 cm³/mol. The first-order chi connectivity index (χ1) is 11.6. The van der Waals surface area contributed by atoms with E-state index < -0.39 is 0 Å². The number of hydrogen-bond donors (Lipinski definition) is 2. The number of benzene rings is 2. The quantitative estimate of drug-likeness (QED) is 0.887. The van der Waals surface area contributed by atoms with Crippen LogP contribution in [0.15, 0.2) is 48.5 Å². The topological polar surface area (TPSA) is 58.2 Å². The van der Waals surface area contributed by atoms with Gasteiger partial charge in [0.2, 0.25) is 11.8 Å². The highest BCUT2D eigenvalue weighted by Crippen LogP contribution is 2.27. The van der Waals surface area contributed by atoms with Crippen LogP contribution in [0.5, 0.6) is 0 Å². The molecule has 0 unspecified atom stereocenters. The van der Waals surface area contributed by atoms with Gasteiger partial charge in [-0.2, -0.15) is 0 Å². The van der Waals surface area contributed by atoms with Gasteiger partial charge in [0.25, 0.3) is 0 Å². The van der Waals surface area contributed by atoms with Crippen LogP contribution in [-0.2, 0) is 22.6 Å². The molecule has 0 spiro atoms. The van der Waals surface area contributed by atoms with Crippen LogP contribution in [0.2, 0.25) is 0 Å². The number of fused-ring (bicyclic) bond motifs is 1. The molecule has 1 atom stereocenters. The van der Waals surface area contributed by atoms with Gasteiger partial charge < -0.3 is 10.6 Å². The summed E-state index contributed by atoms with van der Waals surface area (Å²) in [5.41, 5.74) is 2.81. The van der Waals surface area contributed by atoms with E-state index in [2.05, 4.69) is 10.6 Å². The number of hydrogen-bond acceptors (Lipinski definition) is 2. The molecule has 0 fully saturated rings. The number of rotatable bonds is 5. The molecule has 24 heavy (non-hydrogen) atoms. The average Bonchev–Trinajstić information content (AvgIpc) is 2.59. The van der Waals surface area contributed by atoms with Crippen molar-refractivity contribution in [3.63, 3.8) is 0 Å². The number of nitrogens with one attached hydrogen (secondary N) is 2. The fourth-order valence-corrected chi connectivity index (χ4v) is 2.84. The Bertz CT molecular complexity index is 743. The first-order valence-electron chi connectivity index (χ1n) is 8.02. The number of carbonyl (C=O) groups excluding carboxylic acids is 2. The number of amides is 2. The third-order valence-electron chi connectivity index (χ3n) is 4.24. The molecule has 3 rings (SSSR count). The summed E-state index contributed by atoms with van der Waals surface area (Å²) in [6.45, 7) is 0.360. The second-order valence-corrected chi connectivity index (χ2v) is 5.99. The lowest BCUT2D eigenvalue weighted by Crippen LogP contribution is -2.31. The fourth-order valence-electron chi connectivity index (χ4n) is 2.84. The minimum absolute atomic E-state index is 0.0277. The number of carbonyl (C=O) groups is 2. The van der Waals surface area contributed by atoms with Gasteiger partial charge in [-0.05, 0) is 42.2 Å². The number of para-hydroxylation sites is 1. The zero-order valence-electron chi connectivity index (χ0n) is 13.2. The van der Waals surface area contributed by atoms with E-state index in [1.54, 1.807) is 12.1 Å². The largest absolute Gasteiger partial charge is 0.352 e. The van der Waals surface area contributed by atoms with Crippen LogP contribution in [0.3, 0.4) is 0 Å². The summed E-state index contributed by atoms with van der Waals surface area (Å²) in [6.07, 6.45) is 1.46. The zero-order valence-corrected chi connectivity index (χ0v) is 13.2. The van der Waals surface area contributed by atoms with Crippen molar-refractivity contribution in [2.75, 3.05) is 5.32 Å². The second-order valence-electron chi connectivity index (χ2n) is 5.99. The van der Waals surface area contributed by atoms with Gasteiger partial charge in [-0.3, -0.25) is 9.59 Å². The average molecular weight is 326 g/mol. The van der Waals surface area contributed by atoms with Crippen molar-refractivity contribution in [2.24, 2.45) is 5.92 Å². The van der Waals surface area contributed by atoms with E-state index in [0.29, 0.717) is 25.8 Å². The molecule has 0 saturated carbocycles. The van der Waals surface area contributed by atoms with E-state index in [-0.39, 0.29) is 23.5 Å². The normalized spacial score (nSPS) is 16.2. The Morgan fingerprint density at radius 2 is 1.92 bits per heavy atom. The molecule has 0 aromatic heterocycles. The minimum atomic E-state index is -0.298. The van der Waals surface area contributed by atoms with Gasteiger partial charge in [-0.1, -0.05) is 30.3 Å². The molecular weight excluding hydrogens is 307 g/mol. The maximum Gasteiger partial charge on any atom is 0.227 e. The molecule has 0 aliphatic carbocycles. The van der Waals surface area contributed by atoms with Crippen LogP contribution in [0.4, 0.5) is 10.1 Å². The Morgan fingerprint density at radius 1 is 1.17 bits per heavy atom. The van der Waals surface area contributed by atoms with E-state index in [4.69, 9.17) is 0 Å². The van der Waals surface area contributed by atoms with Gasteiger partial charge >= 0.3 is 0 Å². The first-order valence-corrected chi connectivity index (χ1v) is 8.02. The van der Waals surface area contributed by atoms with Crippen molar-refractivity contribution >= 4 is 17.5 Å².